The molecule has 0 bridgehead atoms. The zero-order valence-electron chi connectivity index (χ0n) is 10.4. The molecule has 0 spiro atoms. The molecule has 1 atom stereocenters. The zero-order valence-corrected chi connectivity index (χ0v) is 11.2. The Kier molecular flexibility index (Phi) is 7.31. The Morgan fingerprint density at radius 1 is 1.50 bits per heavy atom. The summed E-state index contributed by atoms with van der Waals surface area (Å²) in [5.41, 5.74) is 5.45. The van der Waals surface area contributed by atoms with E-state index in [-0.39, 0.29) is 36.7 Å². The van der Waals surface area contributed by atoms with Crippen LogP contribution in [0.15, 0.2) is 24.3 Å². The number of carbonyl (C=O) groups is 1. The molecule has 0 fully saturated rings. The number of halogens is 2. The number of rotatable bonds is 5. The van der Waals surface area contributed by atoms with Crippen LogP contribution >= 0.6 is 12.4 Å². The molecule has 0 aromatic heterocycles. The fourth-order valence-electron chi connectivity index (χ4n) is 1.21. The standard InChI is InChI=1S/C12H17FN2O2.ClH/c1-9(7-14)15(2)12(16)8-17-11-6-4-3-5-10(11)13;/h3-6,9H,7-8,14H2,1-2H3;1H. The maximum absolute atomic E-state index is 13.2. The minimum absolute atomic E-state index is 0. The van der Waals surface area contributed by atoms with Gasteiger partial charge in [0.05, 0.1) is 0 Å². The first-order valence-electron chi connectivity index (χ1n) is 5.39. The Hall–Kier alpha value is -1.33. The van der Waals surface area contributed by atoms with Crippen LogP contribution in [-0.2, 0) is 4.79 Å². The molecule has 0 saturated heterocycles. The molecule has 0 aliphatic heterocycles. The van der Waals surface area contributed by atoms with Gasteiger partial charge in [-0.25, -0.2) is 4.39 Å². The Morgan fingerprint density at radius 3 is 2.67 bits per heavy atom. The molecule has 0 heterocycles. The first-order valence-corrected chi connectivity index (χ1v) is 5.39. The van der Waals surface area contributed by atoms with Gasteiger partial charge in [0.2, 0.25) is 0 Å². The SMILES string of the molecule is CC(CN)N(C)C(=O)COc1ccccc1F.Cl. The van der Waals surface area contributed by atoms with Crippen molar-refractivity contribution >= 4 is 18.3 Å². The largest absolute Gasteiger partial charge is 0.481 e. The summed E-state index contributed by atoms with van der Waals surface area (Å²) in [6, 6.07) is 5.91. The van der Waals surface area contributed by atoms with Crippen molar-refractivity contribution in [2.75, 3.05) is 20.2 Å². The summed E-state index contributed by atoms with van der Waals surface area (Å²) < 4.78 is 18.3. The Morgan fingerprint density at radius 2 is 2.11 bits per heavy atom. The highest BCUT2D eigenvalue weighted by molar-refractivity contribution is 5.85. The van der Waals surface area contributed by atoms with E-state index in [2.05, 4.69) is 0 Å². The van der Waals surface area contributed by atoms with Crippen molar-refractivity contribution < 1.29 is 13.9 Å². The Bertz CT molecular complexity index is 390. The monoisotopic (exact) mass is 276 g/mol. The second kappa shape index (κ2) is 7.89. The quantitative estimate of drug-likeness (QED) is 0.885. The van der Waals surface area contributed by atoms with E-state index in [4.69, 9.17) is 10.5 Å². The summed E-state index contributed by atoms with van der Waals surface area (Å²) in [7, 11) is 1.64. The number of nitrogens with zero attached hydrogens (tertiary/aromatic N) is 1. The molecule has 0 aliphatic carbocycles. The molecule has 2 N–H and O–H groups in total. The van der Waals surface area contributed by atoms with Gasteiger partial charge in [-0.1, -0.05) is 12.1 Å². The highest BCUT2D eigenvalue weighted by atomic mass is 35.5. The van der Waals surface area contributed by atoms with Crippen LogP contribution in [0, 0.1) is 5.82 Å². The summed E-state index contributed by atoms with van der Waals surface area (Å²) in [6.07, 6.45) is 0. The molecule has 0 radical (unpaired) electrons. The fraction of sp³-hybridized carbons (Fsp3) is 0.417. The molecule has 18 heavy (non-hydrogen) atoms. The molecule has 1 aromatic rings. The lowest BCUT2D eigenvalue weighted by Gasteiger charge is -2.23. The van der Waals surface area contributed by atoms with Gasteiger partial charge in [-0.2, -0.15) is 0 Å². The first kappa shape index (κ1) is 16.7. The van der Waals surface area contributed by atoms with Gasteiger partial charge in [-0.05, 0) is 19.1 Å². The van der Waals surface area contributed by atoms with E-state index in [9.17, 15) is 9.18 Å². The zero-order chi connectivity index (χ0) is 12.8. The number of benzene rings is 1. The summed E-state index contributed by atoms with van der Waals surface area (Å²) in [4.78, 5) is 13.1. The van der Waals surface area contributed by atoms with E-state index in [0.29, 0.717) is 6.54 Å². The molecular weight excluding hydrogens is 259 g/mol. The molecule has 4 nitrogen and oxygen atoms in total. The first-order chi connectivity index (χ1) is 8.06. The van der Waals surface area contributed by atoms with Gasteiger partial charge in [-0.15, -0.1) is 12.4 Å². The topological polar surface area (TPSA) is 55.6 Å². The van der Waals surface area contributed by atoms with Gasteiger partial charge < -0.3 is 15.4 Å². The van der Waals surface area contributed by atoms with Crippen LogP contribution in [0.1, 0.15) is 6.92 Å². The Balaban J connectivity index is 0.00000289. The normalized spacial score (nSPS) is 11.3. The molecule has 1 unspecified atom stereocenters. The van der Waals surface area contributed by atoms with Crippen LogP contribution in [0.2, 0.25) is 0 Å². The van der Waals surface area contributed by atoms with Crippen LogP contribution in [0.3, 0.4) is 0 Å². The smallest absolute Gasteiger partial charge is 0.260 e. The molecule has 6 heteroatoms. The number of nitrogens with two attached hydrogens (primary N) is 1. The van der Waals surface area contributed by atoms with E-state index in [1.807, 2.05) is 6.92 Å². The number of ether oxygens (including phenoxy) is 1. The number of hydrogen-bond donors (Lipinski definition) is 1. The second-order valence-corrected chi connectivity index (χ2v) is 3.81. The van der Waals surface area contributed by atoms with Crippen molar-refractivity contribution in [2.45, 2.75) is 13.0 Å². The van der Waals surface area contributed by atoms with Gasteiger partial charge in [0.25, 0.3) is 5.91 Å². The summed E-state index contributed by atoms with van der Waals surface area (Å²) in [5.74, 6) is -0.629. The molecule has 0 saturated carbocycles. The highest BCUT2D eigenvalue weighted by Gasteiger charge is 2.15. The van der Waals surface area contributed by atoms with Crippen molar-refractivity contribution in [1.29, 1.82) is 0 Å². The number of likely N-dealkylation sites (N-methyl/N-ethyl adjacent to an activating group) is 1. The van der Waals surface area contributed by atoms with Crippen molar-refractivity contribution in [1.82, 2.24) is 4.90 Å². The van der Waals surface area contributed by atoms with Gasteiger partial charge in [0.15, 0.2) is 18.2 Å². The molecule has 1 rings (SSSR count). The lowest BCUT2D eigenvalue weighted by atomic mass is 10.3. The highest BCUT2D eigenvalue weighted by Crippen LogP contribution is 2.15. The minimum atomic E-state index is -0.477. The average molecular weight is 277 g/mol. The predicted molar refractivity (Wildman–Crippen MR) is 70.4 cm³/mol. The Labute approximate surface area is 112 Å². The third kappa shape index (κ3) is 4.50. The molecule has 1 amide bonds. The number of para-hydroxylation sites is 1. The van der Waals surface area contributed by atoms with E-state index < -0.39 is 5.82 Å². The molecule has 102 valence electrons. The summed E-state index contributed by atoms with van der Waals surface area (Å²) >= 11 is 0. The third-order valence-electron chi connectivity index (χ3n) is 2.58. The van der Waals surface area contributed by atoms with Crippen molar-refractivity contribution in [2.24, 2.45) is 5.73 Å². The lowest BCUT2D eigenvalue weighted by Crippen LogP contribution is -2.42. The minimum Gasteiger partial charge on any atom is -0.481 e. The van der Waals surface area contributed by atoms with Crippen LogP contribution < -0.4 is 10.5 Å². The van der Waals surface area contributed by atoms with Crippen LogP contribution in [0.5, 0.6) is 5.75 Å². The van der Waals surface area contributed by atoms with E-state index in [0.717, 1.165) is 0 Å². The van der Waals surface area contributed by atoms with Gasteiger partial charge in [-0.3, -0.25) is 4.79 Å². The summed E-state index contributed by atoms with van der Waals surface area (Å²) in [6.45, 7) is 2.02. The third-order valence-corrected chi connectivity index (χ3v) is 2.58. The number of hydrogen-bond acceptors (Lipinski definition) is 3. The van der Waals surface area contributed by atoms with Gasteiger partial charge in [0.1, 0.15) is 0 Å². The van der Waals surface area contributed by atoms with E-state index in [1.165, 1.54) is 17.0 Å². The van der Waals surface area contributed by atoms with Crippen LogP contribution in [0.4, 0.5) is 4.39 Å². The number of carbonyl (C=O) groups excluding carboxylic acids is 1. The van der Waals surface area contributed by atoms with Gasteiger partial charge >= 0.3 is 0 Å². The van der Waals surface area contributed by atoms with Crippen LogP contribution in [-0.4, -0.2) is 37.0 Å². The van der Waals surface area contributed by atoms with Crippen molar-refractivity contribution in [3.05, 3.63) is 30.1 Å². The van der Waals surface area contributed by atoms with Crippen molar-refractivity contribution in [3.63, 3.8) is 0 Å². The van der Waals surface area contributed by atoms with Crippen LogP contribution in [0.25, 0.3) is 0 Å². The van der Waals surface area contributed by atoms with Crippen molar-refractivity contribution in [3.8, 4) is 5.75 Å². The molecule has 0 aliphatic rings. The average Bonchev–Trinajstić information content (AvgIpc) is 2.35. The molecular formula is C12H18ClFN2O2. The predicted octanol–water partition coefficient (Wildman–Crippen LogP) is 1.43. The lowest BCUT2D eigenvalue weighted by molar-refractivity contribution is -0.133. The summed E-state index contributed by atoms with van der Waals surface area (Å²) in [5, 5.41) is 0. The van der Waals surface area contributed by atoms with E-state index in [1.54, 1.807) is 19.2 Å². The second-order valence-electron chi connectivity index (χ2n) is 3.81. The maximum Gasteiger partial charge on any atom is 0.260 e. The van der Waals surface area contributed by atoms with Gasteiger partial charge in [0, 0.05) is 19.6 Å². The fourth-order valence-corrected chi connectivity index (χ4v) is 1.21. The number of amides is 1. The maximum atomic E-state index is 13.2. The molecule has 1 aromatic carbocycles. The van der Waals surface area contributed by atoms with E-state index >= 15 is 0 Å².